The number of hydrogen-bond acceptors (Lipinski definition) is 1. The first-order valence-electron chi connectivity index (χ1n) is 8.83. The molecule has 0 atom stereocenters. The van der Waals surface area contributed by atoms with Gasteiger partial charge in [-0.3, -0.25) is 4.90 Å². The fraction of sp³-hybridized carbons (Fsp3) is 0.364. The molecule has 120 valence electrons. The molecular formula is C22H27N. The SMILES string of the molecule is CN(C/C=C/c1ccccc1)Cc1cccc2c1CCCCC2. The van der Waals surface area contributed by atoms with Crippen LogP contribution in [0.5, 0.6) is 0 Å². The maximum absolute atomic E-state index is 2.40. The Morgan fingerprint density at radius 2 is 1.74 bits per heavy atom. The van der Waals surface area contributed by atoms with Crippen molar-refractivity contribution in [2.24, 2.45) is 0 Å². The summed E-state index contributed by atoms with van der Waals surface area (Å²) in [7, 11) is 2.21. The van der Waals surface area contributed by atoms with Gasteiger partial charge in [0.15, 0.2) is 0 Å². The molecule has 0 N–H and O–H groups in total. The van der Waals surface area contributed by atoms with E-state index < -0.39 is 0 Å². The van der Waals surface area contributed by atoms with Crippen LogP contribution < -0.4 is 0 Å². The Bertz CT molecular complexity index is 642. The summed E-state index contributed by atoms with van der Waals surface area (Å²) in [5.41, 5.74) is 6.02. The Hall–Kier alpha value is -1.86. The van der Waals surface area contributed by atoms with Gasteiger partial charge in [-0.15, -0.1) is 0 Å². The Morgan fingerprint density at radius 3 is 2.61 bits per heavy atom. The second-order valence-electron chi connectivity index (χ2n) is 6.63. The molecule has 0 heterocycles. The standard InChI is InChI=1S/C22H27N/c1-23(17-9-12-19-10-4-2-5-11-19)18-21-15-8-14-20-13-6-3-7-16-22(20)21/h2,4-5,8-12,14-15H,3,6-7,13,16-18H2,1H3/b12-9+. The van der Waals surface area contributed by atoms with Gasteiger partial charge in [0.05, 0.1) is 0 Å². The maximum atomic E-state index is 2.40. The third-order valence-electron chi connectivity index (χ3n) is 4.71. The van der Waals surface area contributed by atoms with Gasteiger partial charge in [-0.1, -0.05) is 67.1 Å². The predicted octanol–water partition coefficient (Wildman–Crippen LogP) is 5.10. The van der Waals surface area contributed by atoms with Gasteiger partial charge in [0.25, 0.3) is 0 Å². The molecule has 0 aromatic heterocycles. The summed E-state index contributed by atoms with van der Waals surface area (Å²) in [6.07, 6.45) is 11.1. The number of benzene rings is 2. The van der Waals surface area contributed by atoms with Gasteiger partial charge in [0, 0.05) is 13.1 Å². The molecule has 0 aliphatic heterocycles. The fourth-order valence-corrected chi connectivity index (χ4v) is 3.47. The topological polar surface area (TPSA) is 3.24 Å². The number of aryl methyl sites for hydroxylation is 1. The highest BCUT2D eigenvalue weighted by atomic mass is 15.1. The fourth-order valence-electron chi connectivity index (χ4n) is 3.47. The van der Waals surface area contributed by atoms with Crippen LogP contribution in [-0.4, -0.2) is 18.5 Å². The van der Waals surface area contributed by atoms with Crippen LogP contribution in [0.2, 0.25) is 0 Å². The van der Waals surface area contributed by atoms with E-state index in [0.29, 0.717) is 0 Å². The lowest BCUT2D eigenvalue weighted by molar-refractivity contribution is 0.362. The van der Waals surface area contributed by atoms with Crippen molar-refractivity contribution >= 4 is 6.08 Å². The van der Waals surface area contributed by atoms with Crippen molar-refractivity contribution in [3.63, 3.8) is 0 Å². The monoisotopic (exact) mass is 305 g/mol. The molecule has 1 aliphatic carbocycles. The van der Waals surface area contributed by atoms with Gasteiger partial charge in [0.1, 0.15) is 0 Å². The molecule has 1 heteroatoms. The van der Waals surface area contributed by atoms with Gasteiger partial charge in [0.2, 0.25) is 0 Å². The van der Waals surface area contributed by atoms with E-state index >= 15 is 0 Å². The van der Waals surface area contributed by atoms with E-state index in [2.05, 4.69) is 72.6 Å². The van der Waals surface area contributed by atoms with Crippen LogP contribution in [0.4, 0.5) is 0 Å². The Kier molecular flexibility index (Phi) is 5.65. The van der Waals surface area contributed by atoms with Crippen LogP contribution in [0.25, 0.3) is 6.08 Å². The predicted molar refractivity (Wildman–Crippen MR) is 99.5 cm³/mol. The zero-order valence-electron chi connectivity index (χ0n) is 14.2. The van der Waals surface area contributed by atoms with Crippen LogP contribution >= 0.6 is 0 Å². The van der Waals surface area contributed by atoms with E-state index in [-0.39, 0.29) is 0 Å². The molecule has 1 aliphatic rings. The molecule has 0 spiro atoms. The molecule has 0 radical (unpaired) electrons. The summed E-state index contributed by atoms with van der Waals surface area (Å²) in [4.78, 5) is 2.40. The van der Waals surface area contributed by atoms with Crippen molar-refractivity contribution in [3.8, 4) is 0 Å². The Labute approximate surface area is 140 Å². The van der Waals surface area contributed by atoms with Crippen LogP contribution in [0.1, 0.15) is 41.5 Å². The molecule has 2 aromatic carbocycles. The summed E-state index contributed by atoms with van der Waals surface area (Å²) < 4.78 is 0. The highest BCUT2D eigenvalue weighted by Crippen LogP contribution is 2.24. The van der Waals surface area contributed by atoms with Gasteiger partial charge < -0.3 is 0 Å². The number of fused-ring (bicyclic) bond motifs is 1. The summed E-state index contributed by atoms with van der Waals surface area (Å²) in [6.45, 7) is 2.03. The summed E-state index contributed by atoms with van der Waals surface area (Å²) in [5, 5.41) is 0. The van der Waals surface area contributed by atoms with Crippen LogP contribution in [0.3, 0.4) is 0 Å². The minimum Gasteiger partial charge on any atom is -0.298 e. The molecule has 3 rings (SSSR count). The second kappa shape index (κ2) is 8.12. The lowest BCUT2D eigenvalue weighted by Crippen LogP contribution is -2.19. The maximum Gasteiger partial charge on any atom is 0.0236 e. The first-order valence-corrected chi connectivity index (χ1v) is 8.83. The molecule has 0 amide bonds. The van der Waals surface area contributed by atoms with Crippen molar-refractivity contribution < 1.29 is 0 Å². The average molecular weight is 305 g/mol. The van der Waals surface area contributed by atoms with Crippen LogP contribution in [-0.2, 0) is 19.4 Å². The molecule has 0 unspecified atom stereocenters. The third-order valence-corrected chi connectivity index (χ3v) is 4.71. The van der Waals surface area contributed by atoms with Crippen molar-refractivity contribution in [2.45, 2.75) is 38.6 Å². The molecule has 0 saturated carbocycles. The zero-order valence-corrected chi connectivity index (χ0v) is 14.2. The highest BCUT2D eigenvalue weighted by molar-refractivity contribution is 5.48. The molecule has 23 heavy (non-hydrogen) atoms. The largest absolute Gasteiger partial charge is 0.298 e. The van der Waals surface area contributed by atoms with Gasteiger partial charge in [-0.25, -0.2) is 0 Å². The lowest BCUT2D eigenvalue weighted by atomic mass is 9.97. The molecule has 0 bridgehead atoms. The van der Waals surface area contributed by atoms with E-state index in [1.54, 1.807) is 11.1 Å². The average Bonchev–Trinajstić information content (AvgIpc) is 2.82. The van der Waals surface area contributed by atoms with Crippen LogP contribution in [0, 0.1) is 0 Å². The quantitative estimate of drug-likeness (QED) is 0.695. The molecule has 0 fully saturated rings. The van der Waals surface area contributed by atoms with E-state index in [4.69, 9.17) is 0 Å². The minimum atomic E-state index is 0.985. The van der Waals surface area contributed by atoms with Crippen molar-refractivity contribution in [1.29, 1.82) is 0 Å². The van der Waals surface area contributed by atoms with Crippen molar-refractivity contribution in [3.05, 3.63) is 76.9 Å². The van der Waals surface area contributed by atoms with Crippen molar-refractivity contribution in [2.75, 3.05) is 13.6 Å². The van der Waals surface area contributed by atoms with Gasteiger partial charge >= 0.3 is 0 Å². The number of hydrogen-bond donors (Lipinski definition) is 0. The normalized spacial score (nSPS) is 14.9. The Balaban J connectivity index is 1.62. The minimum absolute atomic E-state index is 0.985. The third kappa shape index (κ3) is 4.56. The smallest absolute Gasteiger partial charge is 0.0236 e. The molecular weight excluding hydrogens is 278 g/mol. The first kappa shape index (κ1) is 16.0. The Morgan fingerprint density at radius 1 is 0.913 bits per heavy atom. The van der Waals surface area contributed by atoms with E-state index in [9.17, 15) is 0 Å². The first-order chi connectivity index (χ1) is 11.3. The summed E-state index contributed by atoms with van der Waals surface area (Å²) >= 11 is 0. The summed E-state index contributed by atoms with van der Waals surface area (Å²) in [6, 6.07) is 17.4. The van der Waals surface area contributed by atoms with E-state index in [0.717, 1.165) is 13.1 Å². The number of likely N-dealkylation sites (N-methyl/N-ethyl adjacent to an activating group) is 1. The second-order valence-corrected chi connectivity index (χ2v) is 6.63. The summed E-state index contributed by atoms with van der Waals surface area (Å²) in [5.74, 6) is 0. The lowest BCUT2D eigenvalue weighted by Gasteiger charge is -2.19. The molecule has 0 saturated heterocycles. The molecule has 2 aromatic rings. The van der Waals surface area contributed by atoms with Gasteiger partial charge in [-0.05, 0) is 55.0 Å². The number of nitrogens with zero attached hydrogens (tertiary/aromatic N) is 1. The van der Waals surface area contributed by atoms with Crippen molar-refractivity contribution in [1.82, 2.24) is 4.90 Å². The van der Waals surface area contributed by atoms with E-state index in [1.807, 2.05) is 0 Å². The number of rotatable bonds is 5. The van der Waals surface area contributed by atoms with Crippen LogP contribution in [0.15, 0.2) is 54.6 Å². The molecule has 1 nitrogen and oxygen atoms in total. The van der Waals surface area contributed by atoms with Gasteiger partial charge in [-0.2, -0.15) is 0 Å². The zero-order chi connectivity index (χ0) is 15.9. The highest BCUT2D eigenvalue weighted by Gasteiger charge is 2.12. The van der Waals surface area contributed by atoms with E-state index in [1.165, 1.54) is 43.2 Å².